The van der Waals surface area contributed by atoms with Crippen LogP contribution >= 0.6 is 0 Å². The monoisotopic (exact) mass is 1250 g/mol. The zero-order valence-corrected chi connectivity index (χ0v) is 57.0. The van der Waals surface area contributed by atoms with Crippen LogP contribution in [-0.4, -0.2) is 140 Å². The Labute approximate surface area is 539 Å². The highest BCUT2D eigenvalue weighted by Gasteiger charge is 2.51. The van der Waals surface area contributed by atoms with Gasteiger partial charge in [0.15, 0.2) is 12.6 Å². The molecule has 14 heteroatoms. The lowest BCUT2D eigenvalue weighted by atomic mass is 9.97. The van der Waals surface area contributed by atoms with Crippen LogP contribution in [0.15, 0.2) is 12.2 Å². The zero-order chi connectivity index (χ0) is 63.8. The number of aliphatic hydroxyl groups is 8. The van der Waals surface area contributed by atoms with Crippen LogP contribution in [0.2, 0.25) is 0 Å². The van der Waals surface area contributed by atoms with E-state index in [0.717, 1.165) is 44.9 Å². The standard InChI is InChI=1S/C74H143NO13/c1-3-5-7-9-11-13-15-17-19-21-23-24-25-26-27-28-29-30-31-32-33-34-35-36-37-38-39-40-42-44-46-48-50-52-54-56-58-66(79)75-62(63(78)57-55-53-51-49-47-45-43-41-22-20-18-16-14-12-10-8-6-4-2)61-85-73-71(84)69(82)72(65(60-77)87-73)88-74-70(83)68(81)67(80)64(59-76)86-74/h55,57,62-65,67-74,76-78,80-84H,3-54,56,58-61H2,1-2H3,(H,75,79)/b57-55+. The van der Waals surface area contributed by atoms with Crippen molar-refractivity contribution in [2.24, 2.45) is 0 Å². The average Bonchev–Trinajstić information content (AvgIpc) is 2.67. The number of hydrogen-bond donors (Lipinski definition) is 9. The van der Waals surface area contributed by atoms with Gasteiger partial charge in [-0.15, -0.1) is 0 Å². The van der Waals surface area contributed by atoms with Gasteiger partial charge in [0.2, 0.25) is 5.91 Å². The van der Waals surface area contributed by atoms with Crippen molar-refractivity contribution < 1.29 is 64.6 Å². The SMILES string of the molecule is CCCCCCCCCCCCCCCCCC/C=C/C(O)C(COC1OC(CO)C(OC2OC(CO)C(O)C(O)C2O)C(O)C1O)NC(=O)CCCCCCCCCCCCCCCCCCCCCCCCCCCCCCCCCCCCCC. The van der Waals surface area contributed by atoms with Gasteiger partial charge in [-0.3, -0.25) is 4.79 Å². The van der Waals surface area contributed by atoms with Crippen molar-refractivity contribution in [2.75, 3.05) is 19.8 Å². The number of hydrogen-bond acceptors (Lipinski definition) is 13. The molecule has 2 aliphatic rings. The lowest BCUT2D eigenvalue weighted by molar-refractivity contribution is -0.359. The van der Waals surface area contributed by atoms with E-state index >= 15 is 0 Å². The maximum atomic E-state index is 13.3. The quantitative estimate of drug-likeness (QED) is 0.0204. The summed E-state index contributed by atoms with van der Waals surface area (Å²) in [6.45, 7) is 2.86. The Morgan fingerprint density at radius 2 is 0.705 bits per heavy atom. The van der Waals surface area contributed by atoms with Crippen LogP contribution in [0.3, 0.4) is 0 Å². The van der Waals surface area contributed by atoms with E-state index in [1.54, 1.807) is 6.08 Å². The van der Waals surface area contributed by atoms with Crippen molar-refractivity contribution in [3.05, 3.63) is 12.2 Å². The van der Waals surface area contributed by atoms with Gasteiger partial charge in [0, 0.05) is 6.42 Å². The predicted octanol–water partition coefficient (Wildman–Crippen LogP) is 16.1. The van der Waals surface area contributed by atoms with Crippen LogP contribution in [0.1, 0.15) is 361 Å². The van der Waals surface area contributed by atoms with Crippen molar-refractivity contribution >= 4 is 5.91 Å². The Morgan fingerprint density at radius 1 is 0.398 bits per heavy atom. The molecule has 0 aromatic carbocycles. The first-order chi connectivity index (χ1) is 43.1. The predicted molar refractivity (Wildman–Crippen MR) is 360 cm³/mol. The normalized spacial score (nSPS) is 23.1. The summed E-state index contributed by atoms with van der Waals surface area (Å²) < 4.78 is 22.9. The van der Waals surface area contributed by atoms with E-state index in [0.29, 0.717) is 0 Å². The molecule has 12 atom stereocenters. The Bertz CT molecular complexity index is 1520. The second kappa shape index (κ2) is 59.5. The van der Waals surface area contributed by atoms with Gasteiger partial charge in [-0.1, -0.05) is 347 Å². The van der Waals surface area contributed by atoms with Crippen molar-refractivity contribution in [3.63, 3.8) is 0 Å². The number of nitrogens with one attached hydrogen (secondary N) is 1. The van der Waals surface area contributed by atoms with Gasteiger partial charge in [-0.05, 0) is 19.3 Å². The molecule has 0 spiro atoms. The minimum absolute atomic E-state index is 0.230. The fourth-order valence-corrected chi connectivity index (χ4v) is 12.9. The summed E-state index contributed by atoms with van der Waals surface area (Å²) in [6.07, 6.45) is 57.3. The summed E-state index contributed by atoms with van der Waals surface area (Å²) in [4.78, 5) is 13.3. The third-order valence-corrected chi connectivity index (χ3v) is 19.0. The van der Waals surface area contributed by atoms with Crippen molar-refractivity contribution in [1.29, 1.82) is 0 Å². The lowest BCUT2D eigenvalue weighted by Crippen LogP contribution is -2.65. The smallest absolute Gasteiger partial charge is 0.220 e. The average molecular weight is 1250 g/mol. The first-order valence-corrected chi connectivity index (χ1v) is 37.9. The molecule has 2 fully saturated rings. The van der Waals surface area contributed by atoms with E-state index in [1.807, 2.05) is 6.08 Å². The number of allylic oxidation sites excluding steroid dienone is 1. The Morgan fingerprint density at radius 3 is 1.05 bits per heavy atom. The highest BCUT2D eigenvalue weighted by Crippen LogP contribution is 2.30. The van der Waals surface area contributed by atoms with Crippen molar-refractivity contribution in [2.45, 2.75) is 434 Å². The molecule has 0 aliphatic carbocycles. The molecule has 2 aliphatic heterocycles. The molecule has 0 radical (unpaired) electrons. The van der Waals surface area contributed by atoms with Gasteiger partial charge in [0.25, 0.3) is 0 Å². The summed E-state index contributed by atoms with van der Waals surface area (Å²) in [7, 11) is 0. The fourth-order valence-electron chi connectivity index (χ4n) is 12.9. The van der Waals surface area contributed by atoms with Gasteiger partial charge in [-0.25, -0.2) is 0 Å². The molecule has 12 unspecified atom stereocenters. The highest BCUT2D eigenvalue weighted by atomic mass is 16.7. The van der Waals surface area contributed by atoms with Gasteiger partial charge in [0.05, 0.1) is 32.0 Å². The Kier molecular flexibility index (Phi) is 56.0. The molecule has 0 aromatic heterocycles. The minimum atomic E-state index is -1.79. The van der Waals surface area contributed by atoms with Gasteiger partial charge in [-0.2, -0.15) is 0 Å². The van der Waals surface area contributed by atoms with Crippen LogP contribution in [0.4, 0.5) is 0 Å². The molecule has 0 bridgehead atoms. The number of carbonyl (C=O) groups excluding carboxylic acids is 1. The van der Waals surface area contributed by atoms with E-state index in [4.69, 9.17) is 18.9 Å². The summed E-state index contributed by atoms with van der Waals surface area (Å²) in [5.41, 5.74) is 0. The number of rotatable bonds is 64. The molecule has 1 amide bonds. The molecule has 0 saturated carbocycles. The second-order valence-electron chi connectivity index (χ2n) is 27.1. The number of ether oxygens (including phenoxy) is 4. The van der Waals surface area contributed by atoms with E-state index in [1.165, 1.54) is 295 Å². The number of carbonyl (C=O) groups is 1. The molecular formula is C74H143NO13. The first kappa shape index (κ1) is 82.8. The van der Waals surface area contributed by atoms with Crippen LogP contribution in [0.5, 0.6) is 0 Å². The number of aliphatic hydroxyl groups excluding tert-OH is 8. The molecule has 88 heavy (non-hydrogen) atoms. The minimum Gasteiger partial charge on any atom is -0.394 e. The molecule has 9 N–H and O–H groups in total. The maximum absolute atomic E-state index is 13.3. The van der Waals surface area contributed by atoms with Crippen molar-refractivity contribution in [3.8, 4) is 0 Å². The molecule has 2 saturated heterocycles. The Balaban J connectivity index is 1.58. The number of amides is 1. The molecular weight excluding hydrogens is 1110 g/mol. The second-order valence-corrected chi connectivity index (χ2v) is 27.1. The van der Waals surface area contributed by atoms with Gasteiger partial charge in [0.1, 0.15) is 48.8 Å². The van der Waals surface area contributed by atoms with E-state index in [2.05, 4.69) is 19.2 Å². The van der Waals surface area contributed by atoms with Crippen LogP contribution in [-0.2, 0) is 23.7 Å². The van der Waals surface area contributed by atoms with E-state index in [9.17, 15) is 45.6 Å². The maximum Gasteiger partial charge on any atom is 0.220 e. The van der Waals surface area contributed by atoms with Crippen LogP contribution < -0.4 is 5.32 Å². The molecule has 2 rings (SSSR count). The number of unbranched alkanes of at least 4 members (excludes halogenated alkanes) is 51. The summed E-state index contributed by atoms with van der Waals surface area (Å²) >= 11 is 0. The van der Waals surface area contributed by atoms with Crippen LogP contribution in [0.25, 0.3) is 0 Å². The van der Waals surface area contributed by atoms with E-state index < -0.39 is 86.8 Å². The van der Waals surface area contributed by atoms with E-state index in [-0.39, 0.29) is 18.9 Å². The van der Waals surface area contributed by atoms with Gasteiger partial charge < -0.3 is 65.1 Å². The van der Waals surface area contributed by atoms with Crippen LogP contribution in [0, 0.1) is 0 Å². The topological polar surface area (TPSA) is 228 Å². The third kappa shape index (κ3) is 42.9. The third-order valence-electron chi connectivity index (χ3n) is 19.0. The molecule has 522 valence electrons. The zero-order valence-electron chi connectivity index (χ0n) is 57.0. The summed E-state index contributed by atoms with van der Waals surface area (Å²) in [5, 5.41) is 87.5. The van der Waals surface area contributed by atoms with Gasteiger partial charge >= 0.3 is 0 Å². The fraction of sp³-hybridized carbons (Fsp3) is 0.959. The largest absolute Gasteiger partial charge is 0.394 e. The first-order valence-electron chi connectivity index (χ1n) is 37.9. The lowest BCUT2D eigenvalue weighted by Gasteiger charge is -2.46. The Hall–Kier alpha value is -1.27. The molecule has 0 aromatic rings. The van der Waals surface area contributed by atoms with Crippen molar-refractivity contribution in [1.82, 2.24) is 5.32 Å². The summed E-state index contributed by atoms with van der Waals surface area (Å²) in [5.74, 6) is -0.230. The molecule has 2 heterocycles. The molecule has 14 nitrogen and oxygen atoms in total. The summed E-state index contributed by atoms with van der Waals surface area (Å²) in [6, 6.07) is -0.911. The highest BCUT2D eigenvalue weighted by molar-refractivity contribution is 5.76.